The Hall–Kier alpha value is -1.80. The summed E-state index contributed by atoms with van der Waals surface area (Å²) in [5.74, 6) is 1.85. The first-order chi connectivity index (χ1) is 10.1. The summed E-state index contributed by atoms with van der Waals surface area (Å²) in [6.07, 6.45) is 0.701. The van der Waals surface area contributed by atoms with Crippen molar-refractivity contribution in [1.29, 1.82) is 0 Å². The third-order valence-corrected chi connectivity index (χ3v) is 4.35. The molecular formula is C18H18ClNO. The van der Waals surface area contributed by atoms with Gasteiger partial charge in [0.15, 0.2) is 0 Å². The van der Waals surface area contributed by atoms with E-state index in [9.17, 15) is 0 Å². The SMILES string of the molecule is Cc1oc(C)c(C(Cl)Cc2ccc3ccccc3n2)c1C. The molecule has 0 aliphatic heterocycles. The van der Waals surface area contributed by atoms with Crippen LogP contribution in [0.4, 0.5) is 0 Å². The Morgan fingerprint density at radius 3 is 2.52 bits per heavy atom. The van der Waals surface area contributed by atoms with Crippen molar-refractivity contribution in [2.24, 2.45) is 0 Å². The Morgan fingerprint density at radius 1 is 1.05 bits per heavy atom. The minimum Gasteiger partial charge on any atom is -0.466 e. The van der Waals surface area contributed by atoms with Crippen molar-refractivity contribution in [3.05, 3.63) is 64.7 Å². The Balaban J connectivity index is 1.90. The van der Waals surface area contributed by atoms with E-state index in [2.05, 4.69) is 25.1 Å². The summed E-state index contributed by atoms with van der Waals surface area (Å²) in [4.78, 5) is 4.69. The second kappa shape index (κ2) is 5.53. The number of alkyl halides is 1. The number of para-hydroxylation sites is 1. The van der Waals surface area contributed by atoms with E-state index in [0.717, 1.165) is 39.2 Å². The monoisotopic (exact) mass is 299 g/mol. The van der Waals surface area contributed by atoms with Crippen molar-refractivity contribution < 1.29 is 4.42 Å². The van der Waals surface area contributed by atoms with Crippen LogP contribution in [-0.4, -0.2) is 4.98 Å². The normalized spacial score (nSPS) is 12.8. The highest BCUT2D eigenvalue weighted by molar-refractivity contribution is 6.21. The van der Waals surface area contributed by atoms with Crippen LogP contribution in [0.1, 0.15) is 33.7 Å². The molecule has 1 atom stereocenters. The van der Waals surface area contributed by atoms with Crippen molar-refractivity contribution in [1.82, 2.24) is 4.98 Å². The molecule has 0 bridgehead atoms. The maximum Gasteiger partial charge on any atom is 0.106 e. The molecule has 2 heterocycles. The highest BCUT2D eigenvalue weighted by Crippen LogP contribution is 2.33. The number of pyridine rings is 1. The van der Waals surface area contributed by atoms with Gasteiger partial charge >= 0.3 is 0 Å². The van der Waals surface area contributed by atoms with E-state index < -0.39 is 0 Å². The molecule has 0 saturated carbocycles. The molecule has 0 aliphatic carbocycles. The molecule has 0 amide bonds. The van der Waals surface area contributed by atoms with Crippen molar-refractivity contribution >= 4 is 22.5 Å². The number of hydrogen-bond acceptors (Lipinski definition) is 2. The first kappa shape index (κ1) is 14.2. The molecule has 21 heavy (non-hydrogen) atoms. The summed E-state index contributed by atoms with van der Waals surface area (Å²) >= 11 is 6.62. The Bertz CT molecular complexity index is 791. The van der Waals surface area contributed by atoms with Crippen LogP contribution in [0.2, 0.25) is 0 Å². The second-order valence-electron chi connectivity index (χ2n) is 5.42. The molecule has 0 aliphatic rings. The molecule has 0 spiro atoms. The van der Waals surface area contributed by atoms with E-state index >= 15 is 0 Å². The molecule has 3 heteroatoms. The summed E-state index contributed by atoms with van der Waals surface area (Å²) in [6, 6.07) is 12.3. The van der Waals surface area contributed by atoms with Crippen LogP contribution in [0.25, 0.3) is 10.9 Å². The number of hydrogen-bond donors (Lipinski definition) is 0. The third kappa shape index (κ3) is 2.68. The predicted octanol–water partition coefficient (Wildman–Crippen LogP) is 5.28. The summed E-state index contributed by atoms with van der Waals surface area (Å²) in [5, 5.41) is 1.04. The van der Waals surface area contributed by atoms with E-state index in [-0.39, 0.29) is 5.38 Å². The van der Waals surface area contributed by atoms with Crippen LogP contribution in [0.5, 0.6) is 0 Å². The fourth-order valence-electron chi connectivity index (χ4n) is 2.78. The predicted molar refractivity (Wildman–Crippen MR) is 87.0 cm³/mol. The highest BCUT2D eigenvalue weighted by Gasteiger charge is 2.20. The van der Waals surface area contributed by atoms with Gasteiger partial charge in [0.2, 0.25) is 0 Å². The zero-order valence-electron chi connectivity index (χ0n) is 12.5. The van der Waals surface area contributed by atoms with Crippen molar-refractivity contribution in [3.63, 3.8) is 0 Å². The lowest BCUT2D eigenvalue weighted by Gasteiger charge is -2.10. The quantitative estimate of drug-likeness (QED) is 0.615. The molecule has 0 N–H and O–H groups in total. The molecule has 1 unspecified atom stereocenters. The number of aryl methyl sites for hydroxylation is 2. The minimum atomic E-state index is -0.115. The van der Waals surface area contributed by atoms with Gasteiger partial charge in [-0.2, -0.15) is 0 Å². The highest BCUT2D eigenvalue weighted by atomic mass is 35.5. The van der Waals surface area contributed by atoms with Crippen molar-refractivity contribution in [2.45, 2.75) is 32.6 Å². The average Bonchev–Trinajstić information content (AvgIpc) is 2.72. The van der Waals surface area contributed by atoms with Gasteiger partial charge in [0.1, 0.15) is 11.5 Å². The summed E-state index contributed by atoms with van der Waals surface area (Å²) in [5.41, 5.74) is 4.26. The van der Waals surface area contributed by atoms with Gasteiger partial charge in [-0.1, -0.05) is 24.3 Å². The van der Waals surface area contributed by atoms with E-state index in [1.807, 2.05) is 32.0 Å². The van der Waals surface area contributed by atoms with Gasteiger partial charge in [0, 0.05) is 23.1 Å². The van der Waals surface area contributed by atoms with Gasteiger partial charge in [-0.15, -0.1) is 11.6 Å². The minimum absolute atomic E-state index is 0.115. The first-order valence-electron chi connectivity index (χ1n) is 7.11. The van der Waals surface area contributed by atoms with Gasteiger partial charge in [0.05, 0.1) is 10.9 Å². The zero-order valence-corrected chi connectivity index (χ0v) is 13.2. The molecule has 2 aromatic heterocycles. The van der Waals surface area contributed by atoms with E-state index in [0.29, 0.717) is 6.42 Å². The zero-order chi connectivity index (χ0) is 15.0. The lowest BCUT2D eigenvalue weighted by atomic mass is 10.0. The van der Waals surface area contributed by atoms with Crippen LogP contribution in [-0.2, 0) is 6.42 Å². The van der Waals surface area contributed by atoms with Crippen LogP contribution in [0, 0.1) is 20.8 Å². The van der Waals surface area contributed by atoms with Crippen molar-refractivity contribution in [2.75, 3.05) is 0 Å². The van der Waals surface area contributed by atoms with Crippen LogP contribution in [0.3, 0.4) is 0 Å². The van der Waals surface area contributed by atoms with Crippen LogP contribution in [0.15, 0.2) is 40.8 Å². The van der Waals surface area contributed by atoms with Gasteiger partial charge in [-0.05, 0) is 38.5 Å². The Labute approximate surface area is 129 Å². The molecule has 0 saturated heterocycles. The van der Waals surface area contributed by atoms with E-state index in [1.165, 1.54) is 0 Å². The third-order valence-electron chi connectivity index (χ3n) is 3.98. The topological polar surface area (TPSA) is 26.0 Å². The fraction of sp³-hybridized carbons (Fsp3) is 0.278. The lowest BCUT2D eigenvalue weighted by Crippen LogP contribution is -2.00. The number of rotatable bonds is 3. The van der Waals surface area contributed by atoms with Gasteiger partial charge in [-0.3, -0.25) is 4.98 Å². The molecule has 0 radical (unpaired) electrons. The van der Waals surface area contributed by atoms with Crippen LogP contribution < -0.4 is 0 Å². The number of fused-ring (bicyclic) bond motifs is 1. The molecule has 3 aromatic rings. The molecule has 108 valence electrons. The first-order valence-corrected chi connectivity index (χ1v) is 7.55. The molecule has 0 fully saturated rings. The molecular weight excluding hydrogens is 282 g/mol. The lowest BCUT2D eigenvalue weighted by molar-refractivity contribution is 0.499. The van der Waals surface area contributed by atoms with Crippen LogP contribution >= 0.6 is 11.6 Å². The number of benzene rings is 1. The molecule has 2 nitrogen and oxygen atoms in total. The number of furan rings is 1. The maximum absolute atomic E-state index is 6.62. The molecule has 3 rings (SSSR count). The van der Waals surface area contributed by atoms with E-state index in [4.69, 9.17) is 21.0 Å². The summed E-state index contributed by atoms with van der Waals surface area (Å²) in [7, 11) is 0. The van der Waals surface area contributed by atoms with Crippen molar-refractivity contribution in [3.8, 4) is 0 Å². The van der Waals surface area contributed by atoms with Gasteiger partial charge in [0.25, 0.3) is 0 Å². The standard InChI is InChI=1S/C18H18ClNO/c1-11-12(2)21-13(3)18(11)16(19)10-15-9-8-14-6-4-5-7-17(14)20-15/h4-9,16H,10H2,1-3H3. The number of nitrogens with zero attached hydrogens (tertiary/aromatic N) is 1. The fourth-order valence-corrected chi connectivity index (χ4v) is 3.25. The largest absolute Gasteiger partial charge is 0.466 e. The number of aromatic nitrogens is 1. The van der Waals surface area contributed by atoms with E-state index in [1.54, 1.807) is 0 Å². The van der Waals surface area contributed by atoms with Gasteiger partial charge in [-0.25, -0.2) is 0 Å². The average molecular weight is 300 g/mol. The maximum atomic E-state index is 6.62. The Morgan fingerprint density at radius 2 is 1.81 bits per heavy atom. The smallest absolute Gasteiger partial charge is 0.106 e. The number of halogens is 1. The summed E-state index contributed by atoms with van der Waals surface area (Å²) in [6.45, 7) is 6.01. The Kier molecular flexibility index (Phi) is 3.73. The van der Waals surface area contributed by atoms with Gasteiger partial charge < -0.3 is 4.42 Å². The summed E-state index contributed by atoms with van der Waals surface area (Å²) < 4.78 is 5.67. The molecule has 1 aromatic carbocycles. The second-order valence-corrected chi connectivity index (χ2v) is 5.95.